The molecule has 0 bridgehead atoms. The van der Waals surface area contributed by atoms with Crippen LogP contribution in [0, 0.1) is 13.8 Å². The van der Waals surface area contributed by atoms with E-state index in [0.717, 1.165) is 21.8 Å². The molecule has 0 aliphatic rings. The van der Waals surface area contributed by atoms with Crippen LogP contribution in [0.4, 0.5) is 5.69 Å². The predicted octanol–water partition coefficient (Wildman–Crippen LogP) is 3.26. The smallest absolute Gasteiger partial charge is 0.275 e. The molecule has 0 saturated heterocycles. The van der Waals surface area contributed by atoms with Crippen LogP contribution in [-0.4, -0.2) is 15.3 Å². The maximum absolute atomic E-state index is 12.2. The number of para-hydroxylation sites is 1. The number of benzene rings is 1. The van der Waals surface area contributed by atoms with Gasteiger partial charge in [0.1, 0.15) is 5.69 Å². The van der Waals surface area contributed by atoms with Gasteiger partial charge in [0.2, 0.25) is 0 Å². The third-order valence-electron chi connectivity index (χ3n) is 3.05. The van der Waals surface area contributed by atoms with E-state index in [4.69, 9.17) is 0 Å². The van der Waals surface area contributed by atoms with E-state index in [-0.39, 0.29) is 5.91 Å². The molecule has 3 aromatic rings. The lowest BCUT2D eigenvalue weighted by Crippen LogP contribution is -2.14. The molecule has 2 heterocycles. The van der Waals surface area contributed by atoms with E-state index in [1.165, 1.54) is 11.3 Å². The Bertz CT molecular complexity index is 708. The molecule has 1 aromatic carbocycles. The molecule has 0 aliphatic carbocycles. The number of hydrogen-bond acceptors (Lipinski definition) is 3. The highest BCUT2D eigenvalue weighted by Crippen LogP contribution is 2.20. The van der Waals surface area contributed by atoms with Gasteiger partial charge in [0, 0.05) is 23.5 Å². The fraction of sp³-hybridized carbons (Fsp3) is 0.143. The summed E-state index contributed by atoms with van der Waals surface area (Å²) in [6.07, 6.45) is 3.64. The van der Waals surface area contributed by atoms with Crippen LogP contribution in [0.1, 0.15) is 21.6 Å². The van der Waals surface area contributed by atoms with Gasteiger partial charge in [-0.1, -0.05) is 18.2 Å². The van der Waals surface area contributed by atoms with Gasteiger partial charge in [0.25, 0.3) is 5.91 Å². The Balaban J connectivity index is 1.91. The zero-order chi connectivity index (χ0) is 13.4. The molecule has 96 valence electrons. The van der Waals surface area contributed by atoms with E-state index in [1.54, 1.807) is 6.20 Å². The zero-order valence-electron chi connectivity index (χ0n) is 10.7. The van der Waals surface area contributed by atoms with Crippen LogP contribution in [0.15, 0.2) is 36.0 Å². The summed E-state index contributed by atoms with van der Waals surface area (Å²) in [5, 5.41) is 4.88. The first-order valence-corrected chi connectivity index (χ1v) is 6.83. The third-order valence-corrected chi connectivity index (χ3v) is 3.82. The number of imidazole rings is 1. The quantitative estimate of drug-likeness (QED) is 0.777. The van der Waals surface area contributed by atoms with Crippen LogP contribution in [0.2, 0.25) is 0 Å². The maximum Gasteiger partial charge on any atom is 0.275 e. The molecule has 0 aliphatic heterocycles. The fourth-order valence-electron chi connectivity index (χ4n) is 2.03. The first kappa shape index (κ1) is 11.9. The molecular formula is C14H13N3OS. The van der Waals surface area contributed by atoms with Gasteiger partial charge in [-0.25, -0.2) is 4.98 Å². The van der Waals surface area contributed by atoms with E-state index in [2.05, 4.69) is 10.3 Å². The number of fused-ring (bicyclic) bond motifs is 1. The van der Waals surface area contributed by atoms with Gasteiger partial charge in [0.15, 0.2) is 4.96 Å². The Morgan fingerprint density at radius 2 is 2.05 bits per heavy atom. The van der Waals surface area contributed by atoms with E-state index >= 15 is 0 Å². The number of nitrogens with zero attached hydrogens (tertiary/aromatic N) is 2. The third kappa shape index (κ3) is 2.13. The Hall–Kier alpha value is -2.14. The molecule has 0 fully saturated rings. The van der Waals surface area contributed by atoms with Crippen LogP contribution >= 0.6 is 11.3 Å². The molecule has 1 amide bonds. The lowest BCUT2D eigenvalue weighted by Gasteiger charge is -2.10. The van der Waals surface area contributed by atoms with Crippen molar-refractivity contribution in [1.82, 2.24) is 9.38 Å². The normalized spacial score (nSPS) is 10.8. The average Bonchev–Trinajstić information content (AvgIpc) is 2.94. The number of thiazole rings is 1. The van der Waals surface area contributed by atoms with Crippen LogP contribution in [0.25, 0.3) is 4.96 Å². The molecule has 4 nitrogen and oxygen atoms in total. The highest BCUT2D eigenvalue weighted by atomic mass is 32.1. The van der Waals surface area contributed by atoms with Crippen LogP contribution in [-0.2, 0) is 0 Å². The second-order valence-electron chi connectivity index (χ2n) is 4.44. The first-order chi connectivity index (χ1) is 9.15. The van der Waals surface area contributed by atoms with E-state index in [0.29, 0.717) is 5.69 Å². The van der Waals surface area contributed by atoms with Crippen molar-refractivity contribution in [3.05, 3.63) is 52.8 Å². The van der Waals surface area contributed by atoms with E-state index in [1.807, 2.05) is 48.0 Å². The van der Waals surface area contributed by atoms with Gasteiger partial charge in [-0.05, 0) is 25.0 Å². The second kappa shape index (κ2) is 4.51. The molecule has 2 aromatic heterocycles. The van der Waals surface area contributed by atoms with Gasteiger partial charge in [-0.15, -0.1) is 11.3 Å². The summed E-state index contributed by atoms with van der Waals surface area (Å²) in [4.78, 5) is 17.3. The zero-order valence-corrected chi connectivity index (χ0v) is 11.5. The number of hydrogen-bond donors (Lipinski definition) is 1. The lowest BCUT2D eigenvalue weighted by molar-refractivity contribution is 0.102. The summed E-state index contributed by atoms with van der Waals surface area (Å²) in [5.74, 6) is -0.173. The van der Waals surface area contributed by atoms with Crippen LogP contribution < -0.4 is 5.32 Å². The molecular weight excluding hydrogens is 258 g/mol. The van der Waals surface area contributed by atoms with Crippen molar-refractivity contribution in [2.75, 3.05) is 5.32 Å². The molecule has 0 spiro atoms. The molecule has 3 rings (SSSR count). The number of aromatic nitrogens is 2. The first-order valence-electron chi connectivity index (χ1n) is 5.95. The minimum absolute atomic E-state index is 0.173. The Morgan fingerprint density at radius 3 is 2.74 bits per heavy atom. The molecule has 0 atom stereocenters. The molecule has 19 heavy (non-hydrogen) atoms. The van der Waals surface area contributed by atoms with Gasteiger partial charge < -0.3 is 5.32 Å². The van der Waals surface area contributed by atoms with Crippen molar-refractivity contribution in [3.8, 4) is 0 Å². The predicted molar refractivity (Wildman–Crippen MR) is 76.9 cm³/mol. The van der Waals surface area contributed by atoms with E-state index < -0.39 is 0 Å². The van der Waals surface area contributed by atoms with Crippen molar-refractivity contribution in [2.24, 2.45) is 0 Å². The Labute approximate surface area is 114 Å². The van der Waals surface area contributed by atoms with Crippen LogP contribution in [0.5, 0.6) is 0 Å². The van der Waals surface area contributed by atoms with Crippen molar-refractivity contribution < 1.29 is 4.79 Å². The number of carbonyl (C=O) groups is 1. The maximum atomic E-state index is 12.2. The van der Waals surface area contributed by atoms with Crippen molar-refractivity contribution >= 4 is 27.9 Å². The number of aryl methyl sites for hydroxylation is 2. The number of anilines is 1. The summed E-state index contributed by atoms with van der Waals surface area (Å²) < 4.78 is 1.85. The Morgan fingerprint density at radius 1 is 1.32 bits per heavy atom. The molecule has 0 radical (unpaired) electrons. The second-order valence-corrected chi connectivity index (χ2v) is 5.31. The van der Waals surface area contributed by atoms with Gasteiger partial charge in [-0.3, -0.25) is 9.20 Å². The largest absolute Gasteiger partial charge is 0.320 e. The molecule has 1 N–H and O–H groups in total. The number of amides is 1. The standard InChI is InChI=1S/C14H13N3OS/c1-9-4-3-5-10(2)12(9)16-13(18)11-8-17-6-7-19-14(17)15-11/h3-8H,1-2H3,(H,16,18). The monoisotopic (exact) mass is 271 g/mol. The van der Waals surface area contributed by atoms with E-state index in [9.17, 15) is 4.79 Å². The topological polar surface area (TPSA) is 46.4 Å². The number of rotatable bonds is 2. The molecule has 0 saturated carbocycles. The fourth-order valence-corrected chi connectivity index (χ4v) is 2.73. The number of carbonyl (C=O) groups excluding carboxylic acids is 1. The highest BCUT2D eigenvalue weighted by Gasteiger charge is 2.13. The van der Waals surface area contributed by atoms with Gasteiger partial charge >= 0.3 is 0 Å². The SMILES string of the molecule is Cc1cccc(C)c1NC(=O)c1cn2ccsc2n1. The van der Waals surface area contributed by atoms with Gasteiger partial charge in [-0.2, -0.15) is 0 Å². The summed E-state index contributed by atoms with van der Waals surface area (Å²) in [6, 6.07) is 5.94. The molecule has 0 unspecified atom stereocenters. The van der Waals surface area contributed by atoms with Crippen LogP contribution in [0.3, 0.4) is 0 Å². The summed E-state index contributed by atoms with van der Waals surface area (Å²) in [7, 11) is 0. The van der Waals surface area contributed by atoms with Gasteiger partial charge in [0.05, 0.1) is 0 Å². The minimum Gasteiger partial charge on any atom is -0.320 e. The summed E-state index contributed by atoms with van der Waals surface area (Å²) >= 11 is 1.51. The minimum atomic E-state index is -0.173. The summed E-state index contributed by atoms with van der Waals surface area (Å²) in [5.41, 5.74) is 3.40. The van der Waals surface area contributed by atoms with Crippen molar-refractivity contribution in [1.29, 1.82) is 0 Å². The Kier molecular flexibility index (Phi) is 2.83. The van der Waals surface area contributed by atoms with Crippen molar-refractivity contribution in [3.63, 3.8) is 0 Å². The number of nitrogens with one attached hydrogen (secondary N) is 1. The lowest BCUT2D eigenvalue weighted by atomic mass is 10.1. The molecule has 5 heteroatoms. The highest BCUT2D eigenvalue weighted by molar-refractivity contribution is 7.15. The summed E-state index contributed by atoms with van der Waals surface area (Å²) in [6.45, 7) is 3.96. The average molecular weight is 271 g/mol. The van der Waals surface area contributed by atoms with Crippen molar-refractivity contribution in [2.45, 2.75) is 13.8 Å².